The van der Waals surface area contributed by atoms with Crippen LogP contribution in [0.3, 0.4) is 0 Å². The Balaban J connectivity index is 1.76. The monoisotopic (exact) mass is 329 g/mol. The number of rotatable bonds is 4. The molecule has 2 heterocycles. The summed E-state index contributed by atoms with van der Waals surface area (Å²) in [6.07, 6.45) is 0.934. The Morgan fingerprint density at radius 1 is 1.33 bits per heavy atom. The van der Waals surface area contributed by atoms with Crippen molar-refractivity contribution in [3.8, 4) is 0 Å². The van der Waals surface area contributed by atoms with Gasteiger partial charge in [-0.3, -0.25) is 19.5 Å². The van der Waals surface area contributed by atoms with Gasteiger partial charge >= 0.3 is 5.97 Å². The molecule has 1 aliphatic heterocycles. The van der Waals surface area contributed by atoms with Gasteiger partial charge in [0, 0.05) is 30.2 Å². The summed E-state index contributed by atoms with van der Waals surface area (Å²) in [6, 6.07) is 8.62. The number of hydrogen-bond donors (Lipinski definition) is 2. The van der Waals surface area contributed by atoms with Gasteiger partial charge in [0.15, 0.2) is 0 Å². The zero-order chi connectivity index (χ0) is 17.3. The fourth-order valence-electron chi connectivity index (χ4n) is 3.09. The molecule has 7 nitrogen and oxygen atoms in total. The molecule has 1 aromatic heterocycles. The number of nitrogens with zero attached hydrogens (tertiary/aromatic N) is 3. The third kappa shape index (κ3) is 3.22. The van der Waals surface area contributed by atoms with E-state index < -0.39 is 12.1 Å². The van der Waals surface area contributed by atoms with Crippen molar-refractivity contribution < 1.29 is 19.8 Å². The van der Waals surface area contributed by atoms with E-state index in [9.17, 15) is 14.7 Å². The fourth-order valence-corrected chi connectivity index (χ4v) is 3.09. The van der Waals surface area contributed by atoms with E-state index in [1.165, 1.54) is 0 Å². The van der Waals surface area contributed by atoms with Gasteiger partial charge in [-0.05, 0) is 31.3 Å². The number of hydrogen-bond acceptors (Lipinski definition) is 5. The molecule has 126 valence electrons. The minimum atomic E-state index is -0.962. The Kier molecular flexibility index (Phi) is 4.46. The molecule has 2 N–H and O–H groups in total. The molecule has 1 saturated heterocycles. The number of likely N-dealkylation sites (tertiary alicyclic amines) is 1. The summed E-state index contributed by atoms with van der Waals surface area (Å²) in [5, 5.41) is 19.9. The van der Waals surface area contributed by atoms with Gasteiger partial charge in [0.2, 0.25) is 0 Å². The van der Waals surface area contributed by atoms with Gasteiger partial charge in [0.1, 0.15) is 0 Å². The minimum absolute atomic E-state index is 0.175. The third-order valence-electron chi connectivity index (χ3n) is 4.35. The number of β-amino-alcohol motifs (C(OH)–C–C–N with tert-alkyl or cyclic N) is 1. The van der Waals surface area contributed by atoms with Gasteiger partial charge in [0.25, 0.3) is 5.91 Å². The number of benzene rings is 1. The predicted molar refractivity (Wildman–Crippen MR) is 87.7 cm³/mol. The molecular formula is C17H19N3O4. The predicted octanol–water partition coefficient (Wildman–Crippen LogP) is 0.436. The molecule has 24 heavy (non-hydrogen) atoms. The van der Waals surface area contributed by atoms with E-state index in [-0.39, 0.29) is 25.0 Å². The second kappa shape index (κ2) is 6.54. The number of fused-ring (bicyclic) bond motifs is 1. The van der Waals surface area contributed by atoms with Crippen LogP contribution in [0.4, 0.5) is 0 Å². The van der Waals surface area contributed by atoms with Gasteiger partial charge in [-0.2, -0.15) is 0 Å². The lowest BCUT2D eigenvalue weighted by atomic mass is 10.1. The van der Waals surface area contributed by atoms with E-state index in [1.54, 1.807) is 41.2 Å². The van der Waals surface area contributed by atoms with Crippen LogP contribution in [-0.4, -0.2) is 75.7 Å². The largest absolute Gasteiger partial charge is 0.480 e. The fraction of sp³-hybridized carbons (Fsp3) is 0.353. The van der Waals surface area contributed by atoms with Crippen LogP contribution in [-0.2, 0) is 4.79 Å². The number of carbonyl (C=O) groups is 2. The van der Waals surface area contributed by atoms with E-state index in [1.807, 2.05) is 12.1 Å². The van der Waals surface area contributed by atoms with Gasteiger partial charge in [-0.1, -0.05) is 6.07 Å². The molecular weight excluding hydrogens is 310 g/mol. The number of aliphatic hydroxyl groups excluding tert-OH is 1. The summed E-state index contributed by atoms with van der Waals surface area (Å²) in [7, 11) is 1.64. The van der Waals surface area contributed by atoms with Crippen molar-refractivity contribution in [3.05, 3.63) is 42.1 Å². The molecule has 0 saturated carbocycles. The highest BCUT2D eigenvalue weighted by Crippen LogP contribution is 2.20. The van der Waals surface area contributed by atoms with Crippen molar-refractivity contribution >= 4 is 22.8 Å². The van der Waals surface area contributed by atoms with Crippen LogP contribution in [0, 0.1) is 0 Å². The minimum Gasteiger partial charge on any atom is -0.480 e. The van der Waals surface area contributed by atoms with Crippen LogP contribution in [0.15, 0.2) is 36.5 Å². The standard InChI is InChI=1S/C17H19N3O4/c1-19(10-16(22)23)14-8-20(9-15(14)21)17(24)12-4-5-13-11(7-12)3-2-6-18-13/h2-7,14-15,21H,8-10H2,1H3,(H,22,23)/t14-,15-/m1/s1. The Bertz CT molecular complexity index is 779. The lowest BCUT2D eigenvalue weighted by Crippen LogP contribution is -2.43. The van der Waals surface area contributed by atoms with Crippen molar-refractivity contribution in [1.29, 1.82) is 0 Å². The first-order valence-corrected chi connectivity index (χ1v) is 7.70. The van der Waals surface area contributed by atoms with Gasteiger partial charge in [-0.25, -0.2) is 0 Å². The first-order valence-electron chi connectivity index (χ1n) is 7.70. The number of likely N-dealkylation sites (N-methyl/N-ethyl adjacent to an activating group) is 1. The van der Waals surface area contributed by atoms with Gasteiger partial charge < -0.3 is 15.1 Å². The number of aliphatic hydroxyl groups is 1. The van der Waals surface area contributed by atoms with Crippen molar-refractivity contribution in [3.63, 3.8) is 0 Å². The van der Waals surface area contributed by atoms with Crippen molar-refractivity contribution in [2.24, 2.45) is 0 Å². The molecule has 7 heteroatoms. The average Bonchev–Trinajstić information content (AvgIpc) is 2.95. The summed E-state index contributed by atoms with van der Waals surface area (Å²) in [5.74, 6) is -1.14. The quantitative estimate of drug-likeness (QED) is 0.845. The second-order valence-electron chi connectivity index (χ2n) is 6.06. The molecule has 1 aliphatic rings. The number of aromatic nitrogens is 1. The lowest BCUT2D eigenvalue weighted by molar-refractivity contribution is -0.138. The van der Waals surface area contributed by atoms with E-state index in [0.29, 0.717) is 12.1 Å². The topological polar surface area (TPSA) is 94.0 Å². The number of amides is 1. The van der Waals surface area contributed by atoms with Crippen LogP contribution >= 0.6 is 0 Å². The number of carboxylic acids is 1. The Hall–Kier alpha value is -2.51. The molecule has 1 aromatic carbocycles. The second-order valence-corrected chi connectivity index (χ2v) is 6.06. The number of pyridine rings is 1. The zero-order valence-corrected chi connectivity index (χ0v) is 13.3. The first-order chi connectivity index (χ1) is 11.5. The Morgan fingerprint density at radius 3 is 2.88 bits per heavy atom. The molecule has 0 radical (unpaired) electrons. The molecule has 1 fully saturated rings. The molecule has 2 atom stereocenters. The van der Waals surface area contributed by atoms with Crippen molar-refractivity contribution in [1.82, 2.24) is 14.8 Å². The van der Waals surface area contributed by atoms with Crippen LogP contribution in [0.2, 0.25) is 0 Å². The lowest BCUT2D eigenvalue weighted by Gasteiger charge is -2.24. The summed E-state index contributed by atoms with van der Waals surface area (Å²) in [5.41, 5.74) is 1.35. The molecule has 3 rings (SSSR count). The smallest absolute Gasteiger partial charge is 0.317 e. The molecule has 0 bridgehead atoms. The average molecular weight is 329 g/mol. The van der Waals surface area contributed by atoms with E-state index in [0.717, 1.165) is 10.9 Å². The number of aliphatic carboxylic acids is 1. The SMILES string of the molecule is CN(CC(=O)O)[C@@H]1CN(C(=O)c2ccc3ncccc3c2)C[C@H]1O. The molecule has 0 spiro atoms. The van der Waals surface area contributed by atoms with Crippen LogP contribution in [0.1, 0.15) is 10.4 Å². The highest BCUT2D eigenvalue weighted by atomic mass is 16.4. The van der Waals surface area contributed by atoms with E-state index in [4.69, 9.17) is 5.11 Å². The maximum atomic E-state index is 12.7. The summed E-state index contributed by atoms with van der Waals surface area (Å²) in [4.78, 5) is 30.9. The summed E-state index contributed by atoms with van der Waals surface area (Å²) >= 11 is 0. The van der Waals surface area contributed by atoms with Crippen molar-refractivity contribution in [2.75, 3.05) is 26.7 Å². The summed E-state index contributed by atoms with van der Waals surface area (Å²) in [6.45, 7) is 0.318. The molecule has 0 unspecified atom stereocenters. The van der Waals surface area contributed by atoms with Gasteiger partial charge in [0.05, 0.1) is 24.2 Å². The maximum absolute atomic E-state index is 12.7. The number of carboxylic acid groups (broad SMARTS) is 1. The first kappa shape index (κ1) is 16.4. The molecule has 0 aliphatic carbocycles. The summed E-state index contributed by atoms with van der Waals surface area (Å²) < 4.78 is 0. The zero-order valence-electron chi connectivity index (χ0n) is 13.3. The number of carbonyl (C=O) groups excluding carboxylic acids is 1. The Labute approximate surface area is 139 Å². The highest BCUT2D eigenvalue weighted by molar-refractivity contribution is 5.98. The highest BCUT2D eigenvalue weighted by Gasteiger charge is 2.37. The van der Waals surface area contributed by atoms with E-state index in [2.05, 4.69) is 4.98 Å². The maximum Gasteiger partial charge on any atom is 0.317 e. The third-order valence-corrected chi connectivity index (χ3v) is 4.35. The van der Waals surface area contributed by atoms with Crippen molar-refractivity contribution in [2.45, 2.75) is 12.1 Å². The van der Waals surface area contributed by atoms with E-state index >= 15 is 0 Å². The molecule has 2 aromatic rings. The molecule has 1 amide bonds. The van der Waals surface area contributed by atoms with Crippen LogP contribution in [0.25, 0.3) is 10.9 Å². The van der Waals surface area contributed by atoms with Crippen LogP contribution in [0.5, 0.6) is 0 Å². The Morgan fingerprint density at radius 2 is 2.12 bits per heavy atom. The van der Waals surface area contributed by atoms with Crippen LogP contribution < -0.4 is 0 Å². The van der Waals surface area contributed by atoms with Gasteiger partial charge in [-0.15, -0.1) is 0 Å². The normalized spacial score (nSPS) is 20.7.